The van der Waals surface area contributed by atoms with Crippen molar-refractivity contribution in [2.75, 3.05) is 19.6 Å². The van der Waals surface area contributed by atoms with Crippen molar-refractivity contribution in [3.8, 4) is 0 Å². The molecule has 0 spiro atoms. The predicted molar refractivity (Wildman–Crippen MR) is 108 cm³/mol. The summed E-state index contributed by atoms with van der Waals surface area (Å²) in [7, 11) is 0. The summed E-state index contributed by atoms with van der Waals surface area (Å²) >= 11 is 0. The zero-order valence-electron chi connectivity index (χ0n) is 16.4. The number of nitrogens with two attached hydrogens (primary N) is 1. The minimum Gasteiger partial charge on any atom is -0.369 e. The average Bonchev–Trinajstić information content (AvgIpc) is 2.68. The molecule has 2 aliphatic heterocycles. The largest absolute Gasteiger partial charge is 0.369 e. The van der Waals surface area contributed by atoms with Crippen LogP contribution in [0.5, 0.6) is 0 Å². The summed E-state index contributed by atoms with van der Waals surface area (Å²) in [6, 6.07) is 16.7. The Morgan fingerprint density at radius 3 is 2.48 bits per heavy atom. The lowest BCUT2D eigenvalue weighted by Gasteiger charge is -2.53. The first-order valence-electron chi connectivity index (χ1n) is 10.1. The minimum absolute atomic E-state index is 0.165. The number of nitrogens with zero attached hydrogens (tertiary/aromatic N) is 2. The second-order valence-corrected chi connectivity index (χ2v) is 8.27. The van der Waals surface area contributed by atoms with E-state index >= 15 is 0 Å². The van der Waals surface area contributed by atoms with Gasteiger partial charge < -0.3 is 10.6 Å². The Balaban J connectivity index is 1.41. The van der Waals surface area contributed by atoms with Crippen LogP contribution < -0.4 is 5.73 Å². The molecule has 2 aromatic rings. The van der Waals surface area contributed by atoms with Crippen LogP contribution in [0, 0.1) is 11.2 Å². The number of amides is 2. The van der Waals surface area contributed by atoms with Gasteiger partial charge in [0.2, 0.25) is 11.8 Å². The first kappa shape index (κ1) is 19.6. The quantitative estimate of drug-likeness (QED) is 0.817. The van der Waals surface area contributed by atoms with Crippen LogP contribution in [0.2, 0.25) is 0 Å². The topological polar surface area (TPSA) is 66.6 Å². The number of hydrogen-bond donors (Lipinski definition) is 1. The Bertz CT molecular complexity index is 896. The van der Waals surface area contributed by atoms with Crippen LogP contribution in [0.1, 0.15) is 24.0 Å². The summed E-state index contributed by atoms with van der Waals surface area (Å²) in [6.07, 6.45) is 1.59. The average molecular weight is 395 g/mol. The van der Waals surface area contributed by atoms with Crippen LogP contribution in [0.3, 0.4) is 0 Å². The van der Waals surface area contributed by atoms with Crippen molar-refractivity contribution in [3.63, 3.8) is 0 Å². The Kier molecular flexibility index (Phi) is 5.37. The van der Waals surface area contributed by atoms with Gasteiger partial charge >= 0.3 is 0 Å². The second kappa shape index (κ2) is 7.95. The van der Waals surface area contributed by atoms with E-state index in [-0.39, 0.29) is 23.7 Å². The van der Waals surface area contributed by atoms with Crippen molar-refractivity contribution in [2.45, 2.75) is 31.8 Å². The molecular formula is C23H26FN3O2. The summed E-state index contributed by atoms with van der Waals surface area (Å²) in [5, 5.41) is 0. The SMILES string of the molecule is NC(=O)C1(Cc2ccccc2F)CN(C2CCC(=O)N(Cc3ccccc3)C2)C1. The third kappa shape index (κ3) is 4.03. The van der Waals surface area contributed by atoms with E-state index in [0.29, 0.717) is 44.6 Å². The van der Waals surface area contributed by atoms with E-state index in [1.54, 1.807) is 18.2 Å². The molecule has 6 heteroatoms. The number of carbonyl (C=O) groups excluding carboxylic acids is 2. The van der Waals surface area contributed by atoms with Crippen molar-refractivity contribution in [1.29, 1.82) is 0 Å². The smallest absolute Gasteiger partial charge is 0.226 e. The number of likely N-dealkylation sites (tertiary alicyclic amines) is 2. The highest BCUT2D eigenvalue weighted by atomic mass is 19.1. The van der Waals surface area contributed by atoms with Gasteiger partial charge in [0.25, 0.3) is 0 Å². The summed E-state index contributed by atoms with van der Waals surface area (Å²) in [5.74, 6) is -0.521. The van der Waals surface area contributed by atoms with Gasteiger partial charge in [-0.15, -0.1) is 0 Å². The van der Waals surface area contributed by atoms with Crippen molar-refractivity contribution in [3.05, 3.63) is 71.5 Å². The number of benzene rings is 2. The fourth-order valence-corrected chi connectivity index (χ4v) is 4.50. The third-order valence-electron chi connectivity index (χ3n) is 6.23. The molecule has 4 rings (SSSR count). The van der Waals surface area contributed by atoms with Crippen LogP contribution in [-0.4, -0.2) is 47.3 Å². The van der Waals surface area contributed by atoms with Gasteiger partial charge in [0.05, 0.1) is 5.41 Å². The fourth-order valence-electron chi connectivity index (χ4n) is 4.50. The Morgan fingerprint density at radius 1 is 1.10 bits per heavy atom. The molecule has 0 radical (unpaired) electrons. The van der Waals surface area contributed by atoms with Gasteiger partial charge in [-0.2, -0.15) is 0 Å². The minimum atomic E-state index is -0.742. The molecule has 0 saturated carbocycles. The molecule has 29 heavy (non-hydrogen) atoms. The molecule has 0 aromatic heterocycles. The van der Waals surface area contributed by atoms with E-state index < -0.39 is 5.41 Å². The molecule has 2 aliphatic rings. The highest BCUT2D eigenvalue weighted by Gasteiger charge is 2.51. The van der Waals surface area contributed by atoms with Crippen molar-refractivity contribution in [2.24, 2.45) is 11.1 Å². The maximum Gasteiger partial charge on any atom is 0.226 e. The summed E-state index contributed by atoms with van der Waals surface area (Å²) in [5.41, 5.74) is 6.61. The van der Waals surface area contributed by atoms with Crippen LogP contribution >= 0.6 is 0 Å². The molecule has 1 unspecified atom stereocenters. The van der Waals surface area contributed by atoms with E-state index in [0.717, 1.165) is 12.0 Å². The van der Waals surface area contributed by atoms with E-state index in [1.165, 1.54) is 6.07 Å². The van der Waals surface area contributed by atoms with Crippen LogP contribution in [0.4, 0.5) is 4.39 Å². The molecule has 2 N–H and O–H groups in total. The van der Waals surface area contributed by atoms with E-state index in [2.05, 4.69) is 4.90 Å². The number of rotatable bonds is 6. The molecule has 2 saturated heterocycles. The third-order valence-corrected chi connectivity index (χ3v) is 6.23. The lowest BCUT2D eigenvalue weighted by molar-refractivity contribution is -0.147. The molecule has 2 heterocycles. The maximum absolute atomic E-state index is 14.1. The van der Waals surface area contributed by atoms with Crippen LogP contribution in [-0.2, 0) is 22.6 Å². The van der Waals surface area contributed by atoms with Gasteiger partial charge in [-0.25, -0.2) is 4.39 Å². The van der Waals surface area contributed by atoms with Gasteiger partial charge in [0.1, 0.15) is 5.82 Å². The molecule has 152 valence electrons. The fraction of sp³-hybridized carbons (Fsp3) is 0.391. The molecular weight excluding hydrogens is 369 g/mol. The summed E-state index contributed by atoms with van der Waals surface area (Å²) < 4.78 is 14.1. The molecule has 2 amide bonds. The first-order valence-corrected chi connectivity index (χ1v) is 10.1. The molecule has 0 aliphatic carbocycles. The highest BCUT2D eigenvalue weighted by Crippen LogP contribution is 2.37. The Morgan fingerprint density at radius 2 is 1.79 bits per heavy atom. The number of hydrogen-bond acceptors (Lipinski definition) is 3. The lowest BCUT2D eigenvalue weighted by Crippen LogP contribution is -2.68. The second-order valence-electron chi connectivity index (χ2n) is 8.27. The van der Waals surface area contributed by atoms with Crippen LogP contribution in [0.15, 0.2) is 54.6 Å². The molecule has 2 fully saturated rings. The molecule has 0 bridgehead atoms. The van der Waals surface area contributed by atoms with E-state index in [1.807, 2.05) is 35.2 Å². The van der Waals surface area contributed by atoms with Crippen molar-refractivity contribution < 1.29 is 14.0 Å². The van der Waals surface area contributed by atoms with Gasteiger partial charge in [0.15, 0.2) is 0 Å². The maximum atomic E-state index is 14.1. The van der Waals surface area contributed by atoms with Crippen LogP contribution in [0.25, 0.3) is 0 Å². The molecule has 5 nitrogen and oxygen atoms in total. The summed E-state index contributed by atoms with van der Waals surface area (Å²) in [4.78, 5) is 28.7. The Hall–Kier alpha value is -2.73. The zero-order valence-corrected chi connectivity index (χ0v) is 16.4. The molecule has 2 aromatic carbocycles. The van der Waals surface area contributed by atoms with Gasteiger partial charge in [-0.05, 0) is 30.0 Å². The van der Waals surface area contributed by atoms with Gasteiger partial charge in [0, 0.05) is 38.6 Å². The van der Waals surface area contributed by atoms with E-state index in [4.69, 9.17) is 5.73 Å². The van der Waals surface area contributed by atoms with Gasteiger partial charge in [-0.1, -0.05) is 48.5 Å². The zero-order chi connectivity index (χ0) is 20.4. The number of primary amides is 1. The number of carbonyl (C=O) groups is 2. The standard InChI is InChI=1S/C23H26FN3O2/c24-20-9-5-4-8-18(20)12-23(22(25)29)15-27(16-23)19-10-11-21(28)26(14-19)13-17-6-2-1-3-7-17/h1-9,19H,10-16H2,(H2,25,29). The number of piperidine rings is 1. The van der Waals surface area contributed by atoms with E-state index in [9.17, 15) is 14.0 Å². The normalized spacial score (nSPS) is 21.6. The Labute approximate surface area is 170 Å². The molecule has 1 atom stereocenters. The number of halogens is 1. The van der Waals surface area contributed by atoms with Crippen molar-refractivity contribution in [1.82, 2.24) is 9.80 Å². The lowest BCUT2D eigenvalue weighted by atomic mass is 9.72. The summed E-state index contributed by atoms with van der Waals surface area (Å²) in [6.45, 7) is 2.26. The predicted octanol–water partition coefficient (Wildman–Crippen LogP) is 2.35. The monoisotopic (exact) mass is 395 g/mol. The van der Waals surface area contributed by atoms with Crippen molar-refractivity contribution >= 4 is 11.8 Å². The highest BCUT2D eigenvalue weighted by molar-refractivity contribution is 5.83. The first-order chi connectivity index (χ1) is 14.0. The van der Waals surface area contributed by atoms with Gasteiger partial charge in [-0.3, -0.25) is 14.5 Å².